The molecule has 0 atom stereocenters. The maximum atomic E-state index is 11.4. The molecule has 0 aliphatic heterocycles. The van der Waals surface area contributed by atoms with Crippen molar-refractivity contribution in [3.63, 3.8) is 0 Å². The Morgan fingerprint density at radius 3 is 3.00 bits per heavy atom. The summed E-state index contributed by atoms with van der Waals surface area (Å²) >= 11 is 0. The maximum Gasteiger partial charge on any atom is 0.290 e. The lowest BCUT2D eigenvalue weighted by Crippen LogP contribution is -2.24. The minimum absolute atomic E-state index is 0.150. The molecule has 1 rings (SSSR count). The number of carbonyl (C=O) groups excluding carboxylic acids is 1. The summed E-state index contributed by atoms with van der Waals surface area (Å²) in [5.74, 6) is 0.00642. The van der Waals surface area contributed by atoms with Crippen molar-refractivity contribution in [2.24, 2.45) is 0 Å². The number of amides is 1. The molecule has 1 aromatic rings. The van der Waals surface area contributed by atoms with Crippen molar-refractivity contribution in [1.29, 1.82) is 0 Å². The Kier molecular flexibility index (Phi) is 4.12. The van der Waals surface area contributed by atoms with Gasteiger partial charge in [-0.2, -0.15) is 0 Å². The number of aryl methyl sites for hydroxylation is 1. The molecular formula is C9H14N2O3. The lowest BCUT2D eigenvalue weighted by atomic mass is 10.2. The van der Waals surface area contributed by atoms with Crippen LogP contribution in [0.1, 0.15) is 29.0 Å². The number of aliphatic hydroxyl groups is 1. The SMILES string of the molecule is Cc1cnoc1C(=O)NCCCCO. The molecule has 5 heteroatoms. The molecule has 0 fully saturated rings. The Bertz CT molecular complexity index is 296. The molecule has 0 saturated carbocycles. The molecule has 0 saturated heterocycles. The molecule has 0 spiro atoms. The normalized spacial score (nSPS) is 10.1. The van der Waals surface area contributed by atoms with Crippen LogP contribution in [0.4, 0.5) is 0 Å². The van der Waals surface area contributed by atoms with Crippen LogP contribution < -0.4 is 5.32 Å². The van der Waals surface area contributed by atoms with Crippen LogP contribution >= 0.6 is 0 Å². The van der Waals surface area contributed by atoms with Crippen LogP contribution in [0.3, 0.4) is 0 Å². The lowest BCUT2D eigenvalue weighted by Gasteiger charge is -2.01. The van der Waals surface area contributed by atoms with Crippen LogP contribution in [0.2, 0.25) is 0 Å². The molecule has 0 aliphatic rings. The number of nitrogens with one attached hydrogen (secondary N) is 1. The van der Waals surface area contributed by atoms with Crippen LogP contribution in [-0.4, -0.2) is 29.3 Å². The first-order valence-electron chi connectivity index (χ1n) is 4.56. The zero-order valence-corrected chi connectivity index (χ0v) is 8.12. The maximum absolute atomic E-state index is 11.4. The summed E-state index contributed by atoms with van der Waals surface area (Å²) < 4.78 is 4.77. The first-order chi connectivity index (χ1) is 6.75. The fraction of sp³-hybridized carbons (Fsp3) is 0.556. The molecule has 78 valence electrons. The Balaban J connectivity index is 2.32. The standard InChI is InChI=1S/C9H14N2O3/c1-7-6-11-14-8(7)9(13)10-4-2-3-5-12/h6,12H,2-5H2,1H3,(H,10,13). The van der Waals surface area contributed by atoms with E-state index < -0.39 is 0 Å². The summed E-state index contributed by atoms with van der Waals surface area (Å²) in [5.41, 5.74) is 0.727. The Morgan fingerprint density at radius 1 is 1.64 bits per heavy atom. The average molecular weight is 198 g/mol. The predicted molar refractivity (Wildman–Crippen MR) is 49.9 cm³/mol. The summed E-state index contributed by atoms with van der Waals surface area (Å²) in [5, 5.41) is 14.7. The van der Waals surface area contributed by atoms with Gasteiger partial charge in [0.1, 0.15) is 0 Å². The first kappa shape index (κ1) is 10.7. The van der Waals surface area contributed by atoms with E-state index in [1.165, 1.54) is 6.20 Å². The summed E-state index contributed by atoms with van der Waals surface area (Å²) in [6.07, 6.45) is 2.95. The van der Waals surface area contributed by atoms with E-state index in [1.54, 1.807) is 6.92 Å². The van der Waals surface area contributed by atoms with Gasteiger partial charge in [-0.25, -0.2) is 0 Å². The second kappa shape index (κ2) is 5.39. The fourth-order valence-corrected chi connectivity index (χ4v) is 1.03. The monoisotopic (exact) mass is 198 g/mol. The first-order valence-corrected chi connectivity index (χ1v) is 4.56. The third-order valence-electron chi connectivity index (χ3n) is 1.83. The van der Waals surface area contributed by atoms with Gasteiger partial charge in [-0.05, 0) is 19.8 Å². The number of rotatable bonds is 5. The van der Waals surface area contributed by atoms with Gasteiger partial charge < -0.3 is 14.9 Å². The number of nitrogens with zero attached hydrogens (tertiary/aromatic N) is 1. The van der Waals surface area contributed by atoms with Crippen molar-refractivity contribution in [2.45, 2.75) is 19.8 Å². The van der Waals surface area contributed by atoms with Crippen LogP contribution in [-0.2, 0) is 0 Å². The topological polar surface area (TPSA) is 75.4 Å². The van der Waals surface area contributed by atoms with Crippen molar-refractivity contribution >= 4 is 5.91 Å². The highest BCUT2D eigenvalue weighted by molar-refractivity contribution is 5.92. The predicted octanol–water partition coefficient (Wildman–Crippen LogP) is 0.485. The van der Waals surface area contributed by atoms with E-state index in [1.807, 2.05) is 0 Å². The average Bonchev–Trinajstić information content (AvgIpc) is 2.59. The highest BCUT2D eigenvalue weighted by atomic mass is 16.5. The van der Waals surface area contributed by atoms with E-state index in [0.29, 0.717) is 13.0 Å². The second-order valence-electron chi connectivity index (χ2n) is 3.02. The molecule has 0 aromatic carbocycles. The Labute approximate surface area is 82.1 Å². The number of aromatic nitrogens is 1. The third-order valence-corrected chi connectivity index (χ3v) is 1.83. The molecule has 1 amide bonds. The van der Waals surface area contributed by atoms with Gasteiger partial charge in [-0.3, -0.25) is 4.79 Å². The number of carbonyl (C=O) groups is 1. The van der Waals surface area contributed by atoms with Crippen molar-refractivity contribution in [1.82, 2.24) is 10.5 Å². The van der Waals surface area contributed by atoms with E-state index in [2.05, 4.69) is 10.5 Å². The number of unbranched alkanes of at least 4 members (excludes halogenated alkanes) is 1. The highest BCUT2D eigenvalue weighted by Gasteiger charge is 2.12. The minimum Gasteiger partial charge on any atom is -0.396 e. The van der Waals surface area contributed by atoms with Gasteiger partial charge in [0, 0.05) is 18.7 Å². The lowest BCUT2D eigenvalue weighted by molar-refractivity contribution is 0.0914. The van der Waals surface area contributed by atoms with E-state index in [-0.39, 0.29) is 18.3 Å². The summed E-state index contributed by atoms with van der Waals surface area (Å²) in [6, 6.07) is 0. The van der Waals surface area contributed by atoms with E-state index in [0.717, 1.165) is 12.0 Å². The second-order valence-corrected chi connectivity index (χ2v) is 3.02. The smallest absolute Gasteiger partial charge is 0.290 e. The Hall–Kier alpha value is -1.36. The zero-order chi connectivity index (χ0) is 10.4. The van der Waals surface area contributed by atoms with Gasteiger partial charge in [0.2, 0.25) is 5.76 Å². The van der Waals surface area contributed by atoms with Crippen LogP contribution in [0.5, 0.6) is 0 Å². The molecular weight excluding hydrogens is 184 g/mol. The van der Waals surface area contributed by atoms with Crippen LogP contribution in [0.25, 0.3) is 0 Å². The van der Waals surface area contributed by atoms with Crippen molar-refractivity contribution < 1.29 is 14.4 Å². The zero-order valence-electron chi connectivity index (χ0n) is 8.12. The van der Waals surface area contributed by atoms with Gasteiger partial charge in [-0.15, -0.1) is 0 Å². The number of aliphatic hydroxyl groups excluding tert-OH is 1. The molecule has 14 heavy (non-hydrogen) atoms. The molecule has 1 aromatic heterocycles. The van der Waals surface area contributed by atoms with Gasteiger partial charge in [0.15, 0.2) is 0 Å². The Morgan fingerprint density at radius 2 is 2.43 bits per heavy atom. The fourth-order valence-electron chi connectivity index (χ4n) is 1.03. The van der Waals surface area contributed by atoms with Crippen molar-refractivity contribution in [3.05, 3.63) is 17.5 Å². The molecule has 0 bridgehead atoms. The largest absolute Gasteiger partial charge is 0.396 e. The van der Waals surface area contributed by atoms with E-state index in [9.17, 15) is 4.79 Å². The molecule has 1 heterocycles. The van der Waals surface area contributed by atoms with E-state index >= 15 is 0 Å². The molecule has 0 aliphatic carbocycles. The number of hydrogen-bond donors (Lipinski definition) is 2. The molecule has 0 radical (unpaired) electrons. The summed E-state index contributed by atoms with van der Waals surface area (Å²) in [6.45, 7) is 2.45. The minimum atomic E-state index is -0.252. The van der Waals surface area contributed by atoms with Crippen molar-refractivity contribution in [2.75, 3.05) is 13.2 Å². The van der Waals surface area contributed by atoms with Crippen molar-refractivity contribution in [3.8, 4) is 0 Å². The van der Waals surface area contributed by atoms with Gasteiger partial charge in [-0.1, -0.05) is 5.16 Å². The molecule has 2 N–H and O–H groups in total. The molecule has 5 nitrogen and oxygen atoms in total. The van der Waals surface area contributed by atoms with Gasteiger partial charge >= 0.3 is 0 Å². The van der Waals surface area contributed by atoms with Crippen LogP contribution in [0, 0.1) is 6.92 Å². The van der Waals surface area contributed by atoms with E-state index in [4.69, 9.17) is 9.63 Å². The van der Waals surface area contributed by atoms with Gasteiger partial charge in [0.05, 0.1) is 6.20 Å². The van der Waals surface area contributed by atoms with Gasteiger partial charge in [0.25, 0.3) is 5.91 Å². The summed E-state index contributed by atoms with van der Waals surface area (Å²) in [4.78, 5) is 11.4. The molecule has 0 unspecified atom stereocenters. The summed E-state index contributed by atoms with van der Waals surface area (Å²) in [7, 11) is 0. The number of hydrogen-bond acceptors (Lipinski definition) is 4. The third kappa shape index (κ3) is 2.85. The van der Waals surface area contributed by atoms with Crippen LogP contribution in [0.15, 0.2) is 10.7 Å². The highest BCUT2D eigenvalue weighted by Crippen LogP contribution is 2.04. The quantitative estimate of drug-likeness (QED) is 0.675.